The first-order valence-corrected chi connectivity index (χ1v) is 6.84. The van der Waals surface area contributed by atoms with Gasteiger partial charge in [-0.05, 0) is 43.0 Å². The summed E-state index contributed by atoms with van der Waals surface area (Å²) in [5.74, 6) is -0.688. The average Bonchev–Trinajstić information content (AvgIpc) is 2.47. The van der Waals surface area contributed by atoms with Gasteiger partial charge in [0.1, 0.15) is 6.56 Å². The Morgan fingerprint density at radius 2 is 1.81 bits per heavy atom. The maximum Gasteiger partial charge on any atom is 0.338 e. The van der Waals surface area contributed by atoms with Gasteiger partial charge in [0.05, 0.1) is 8.30 Å². The van der Waals surface area contributed by atoms with Gasteiger partial charge in [-0.25, -0.2) is 4.79 Å². The van der Waals surface area contributed by atoms with Crippen LogP contribution in [0.2, 0.25) is 0 Å². The minimum absolute atomic E-state index is 0.0356. The van der Waals surface area contributed by atoms with E-state index < -0.39 is 12.5 Å². The zero-order valence-electron chi connectivity index (χ0n) is 14.2. The van der Waals surface area contributed by atoms with Crippen molar-refractivity contribution in [3.63, 3.8) is 0 Å². The zero-order chi connectivity index (χ0) is 17.0. The summed E-state index contributed by atoms with van der Waals surface area (Å²) >= 11 is 0. The predicted molar refractivity (Wildman–Crippen MR) is 82.3 cm³/mol. The Balaban J connectivity index is 2.17. The molecule has 0 aromatic heterocycles. The molecular formula is C18H20O3. The molecule has 3 nitrogen and oxygen atoms in total. The summed E-state index contributed by atoms with van der Waals surface area (Å²) in [6.07, 6.45) is 0.506. The number of carbonyl (C=O) groups is 1. The molecule has 110 valence electrons. The quantitative estimate of drug-likeness (QED) is 0.859. The molecule has 0 unspecified atom stereocenters. The Labute approximate surface area is 128 Å². The summed E-state index contributed by atoms with van der Waals surface area (Å²) in [6, 6.07) is 11.9. The summed E-state index contributed by atoms with van der Waals surface area (Å²) in [5, 5.41) is 8.90. The minimum Gasteiger partial charge on any atom is -0.457 e. The van der Waals surface area contributed by atoms with E-state index in [0.29, 0.717) is 12.0 Å². The lowest BCUT2D eigenvalue weighted by atomic mass is 10.1. The number of aliphatic hydroxyl groups excluding tert-OH is 1. The van der Waals surface area contributed by atoms with Crippen LogP contribution in [-0.2, 0) is 17.7 Å². The van der Waals surface area contributed by atoms with Crippen LogP contribution in [0.25, 0.3) is 0 Å². The number of aryl methyl sites for hydroxylation is 2. The van der Waals surface area contributed by atoms with Gasteiger partial charge >= 0.3 is 5.97 Å². The van der Waals surface area contributed by atoms with E-state index >= 15 is 0 Å². The van der Waals surface area contributed by atoms with Crippen LogP contribution < -0.4 is 0 Å². The van der Waals surface area contributed by atoms with Crippen LogP contribution in [-0.4, -0.2) is 17.7 Å². The standard InChI is InChI=1S/C18H20O3/c1-13-3-8-17(14(2)11-13)18(20)21-12-16-6-4-15(5-7-16)9-10-19/h3-8,11,19H,9-10,12H2,1-2H3/i12D2. The van der Waals surface area contributed by atoms with Gasteiger partial charge in [-0.3, -0.25) is 0 Å². The highest BCUT2D eigenvalue weighted by atomic mass is 16.5. The van der Waals surface area contributed by atoms with Gasteiger partial charge in [0, 0.05) is 6.61 Å². The SMILES string of the molecule is [2H]C([2H])(OC(=O)c1ccc(C)cc1C)c1ccc(CCO)cc1. The third-order valence-electron chi connectivity index (χ3n) is 3.22. The largest absolute Gasteiger partial charge is 0.457 e. The van der Waals surface area contributed by atoms with Gasteiger partial charge in [0.2, 0.25) is 0 Å². The van der Waals surface area contributed by atoms with Crippen LogP contribution in [0.1, 0.15) is 35.4 Å². The average molecular weight is 286 g/mol. The van der Waals surface area contributed by atoms with E-state index in [1.54, 1.807) is 43.3 Å². The fraction of sp³-hybridized carbons (Fsp3) is 0.278. The molecule has 2 aromatic carbocycles. The van der Waals surface area contributed by atoms with Crippen molar-refractivity contribution in [3.8, 4) is 0 Å². The molecule has 3 heteroatoms. The van der Waals surface area contributed by atoms with Crippen LogP contribution in [0.15, 0.2) is 42.5 Å². The number of hydrogen-bond acceptors (Lipinski definition) is 3. The molecule has 0 amide bonds. The van der Waals surface area contributed by atoms with E-state index in [0.717, 1.165) is 16.7 Å². The fourth-order valence-corrected chi connectivity index (χ4v) is 2.07. The number of aliphatic hydroxyl groups is 1. The van der Waals surface area contributed by atoms with Crippen LogP contribution in [0, 0.1) is 13.8 Å². The van der Waals surface area contributed by atoms with E-state index in [-0.39, 0.29) is 12.2 Å². The van der Waals surface area contributed by atoms with Crippen molar-refractivity contribution >= 4 is 5.97 Å². The number of rotatable bonds is 5. The molecule has 0 radical (unpaired) electrons. The van der Waals surface area contributed by atoms with Crippen molar-refractivity contribution in [1.82, 2.24) is 0 Å². The molecule has 2 aromatic rings. The van der Waals surface area contributed by atoms with E-state index in [1.165, 1.54) is 0 Å². The van der Waals surface area contributed by atoms with Gasteiger partial charge in [0.25, 0.3) is 0 Å². The molecule has 0 aliphatic carbocycles. The van der Waals surface area contributed by atoms with Crippen LogP contribution in [0.3, 0.4) is 0 Å². The zero-order valence-corrected chi connectivity index (χ0v) is 12.2. The van der Waals surface area contributed by atoms with E-state index in [1.807, 2.05) is 13.0 Å². The third-order valence-corrected chi connectivity index (χ3v) is 3.22. The van der Waals surface area contributed by atoms with E-state index in [9.17, 15) is 4.79 Å². The molecule has 0 bridgehead atoms. The summed E-state index contributed by atoms with van der Waals surface area (Å²) in [6.45, 7) is 1.54. The molecule has 0 saturated heterocycles. The van der Waals surface area contributed by atoms with Crippen molar-refractivity contribution in [2.45, 2.75) is 26.8 Å². The topological polar surface area (TPSA) is 46.5 Å². The molecule has 0 atom stereocenters. The second-order valence-corrected chi connectivity index (χ2v) is 4.98. The number of esters is 1. The lowest BCUT2D eigenvalue weighted by Gasteiger charge is -2.08. The van der Waals surface area contributed by atoms with E-state index in [4.69, 9.17) is 12.6 Å². The summed E-state index contributed by atoms with van der Waals surface area (Å²) < 4.78 is 21.1. The molecule has 21 heavy (non-hydrogen) atoms. The minimum atomic E-state index is -2.22. The second kappa shape index (κ2) is 7.04. The van der Waals surface area contributed by atoms with Gasteiger partial charge in [-0.2, -0.15) is 0 Å². The lowest BCUT2D eigenvalue weighted by Crippen LogP contribution is -2.07. The molecule has 1 N–H and O–H groups in total. The van der Waals surface area contributed by atoms with Crippen LogP contribution in [0.4, 0.5) is 0 Å². The van der Waals surface area contributed by atoms with Gasteiger partial charge < -0.3 is 9.84 Å². The van der Waals surface area contributed by atoms with Crippen molar-refractivity contribution in [2.24, 2.45) is 0 Å². The van der Waals surface area contributed by atoms with Crippen LogP contribution >= 0.6 is 0 Å². The second-order valence-electron chi connectivity index (χ2n) is 4.98. The van der Waals surface area contributed by atoms with Gasteiger partial charge in [-0.15, -0.1) is 0 Å². The molecule has 0 spiro atoms. The van der Waals surface area contributed by atoms with Crippen molar-refractivity contribution in [2.75, 3.05) is 6.61 Å². The smallest absolute Gasteiger partial charge is 0.338 e. The Kier molecular flexibility index (Phi) is 4.23. The monoisotopic (exact) mass is 286 g/mol. The Morgan fingerprint density at radius 3 is 2.43 bits per heavy atom. The van der Waals surface area contributed by atoms with Crippen molar-refractivity contribution in [3.05, 3.63) is 70.3 Å². The number of ether oxygens (including phenoxy) is 1. The first-order chi connectivity index (χ1) is 10.8. The van der Waals surface area contributed by atoms with Crippen LogP contribution in [0.5, 0.6) is 0 Å². The van der Waals surface area contributed by atoms with Crippen molar-refractivity contribution < 1.29 is 17.4 Å². The Bertz CT molecular complexity index is 694. The van der Waals surface area contributed by atoms with Crippen molar-refractivity contribution in [1.29, 1.82) is 0 Å². The molecule has 2 rings (SSSR count). The Morgan fingerprint density at radius 1 is 1.14 bits per heavy atom. The summed E-state index contributed by atoms with van der Waals surface area (Å²) in [5.41, 5.74) is 3.30. The van der Waals surface area contributed by atoms with Gasteiger partial charge in [-0.1, -0.05) is 42.0 Å². The highest BCUT2D eigenvalue weighted by Gasteiger charge is 2.10. The molecule has 0 heterocycles. The number of benzene rings is 2. The maximum atomic E-state index is 12.2. The highest BCUT2D eigenvalue weighted by Crippen LogP contribution is 2.13. The summed E-state index contributed by atoms with van der Waals surface area (Å²) in [7, 11) is 0. The van der Waals surface area contributed by atoms with Gasteiger partial charge in [0.15, 0.2) is 0 Å². The maximum absolute atomic E-state index is 12.2. The van der Waals surface area contributed by atoms with E-state index in [2.05, 4.69) is 0 Å². The number of carbonyl (C=O) groups excluding carboxylic acids is 1. The first kappa shape index (κ1) is 12.6. The molecular weight excluding hydrogens is 264 g/mol. The predicted octanol–water partition coefficient (Wildman–Crippen LogP) is 3.20. The fourth-order valence-electron chi connectivity index (χ4n) is 2.07. The molecule has 0 aliphatic rings. The molecule has 0 saturated carbocycles. The first-order valence-electron chi connectivity index (χ1n) is 7.84. The normalized spacial score (nSPS) is 12.5. The highest BCUT2D eigenvalue weighted by molar-refractivity contribution is 5.91. The Hall–Kier alpha value is -2.13. The molecule has 0 aliphatic heterocycles. The molecule has 0 fully saturated rings. The third kappa shape index (κ3) is 4.17. The summed E-state index contributed by atoms with van der Waals surface area (Å²) in [4.78, 5) is 12.2. The number of hydrogen-bond donors (Lipinski definition) is 1. The lowest BCUT2D eigenvalue weighted by molar-refractivity contribution is 0.0472.